The largest absolute Gasteiger partial charge is 0.478 e. The number of aromatic nitrogens is 1. The molecule has 1 fully saturated rings. The van der Waals surface area contributed by atoms with E-state index in [1.807, 2.05) is 18.2 Å². The lowest BCUT2D eigenvalue weighted by molar-refractivity contribution is 0.0136. The number of carbonyl (C=O) groups is 1. The Labute approximate surface area is 176 Å². The van der Waals surface area contributed by atoms with E-state index in [2.05, 4.69) is 39.8 Å². The van der Waals surface area contributed by atoms with Gasteiger partial charge in [0.1, 0.15) is 0 Å². The SMILES string of the molecule is O=C(O)c1cccc(-n2c(-c3ccccc3)cc3c2CC[C@@H](N2CCOCC2)C3)c1. The molecule has 2 aromatic carbocycles. The zero-order chi connectivity index (χ0) is 20.5. The molecule has 1 saturated heterocycles. The zero-order valence-electron chi connectivity index (χ0n) is 17.0. The molecule has 5 heteroatoms. The Bertz CT molecular complexity index is 1050. The predicted molar refractivity (Wildman–Crippen MR) is 116 cm³/mol. The van der Waals surface area contributed by atoms with Crippen LogP contribution in [0.2, 0.25) is 0 Å². The standard InChI is InChI=1S/C25H26N2O3/c28-25(29)19-7-4-8-22(15-19)27-23-10-9-21(26-11-13-30-14-12-26)16-20(23)17-24(27)18-5-2-1-3-6-18/h1-8,15,17,21H,9-14,16H2,(H,28,29)/t21-/m1/s1. The molecule has 5 nitrogen and oxygen atoms in total. The first kappa shape index (κ1) is 19.1. The first-order chi connectivity index (χ1) is 14.7. The van der Waals surface area contributed by atoms with Crippen LogP contribution in [0.3, 0.4) is 0 Å². The molecule has 1 aliphatic heterocycles. The maximum atomic E-state index is 11.6. The van der Waals surface area contributed by atoms with Gasteiger partial charge in [0.05, 0.1) is 24.5 Å². The fourth-order valence-electron chi connectivity index (χ4n) is 4.86. The Morgan fingerprint density at radius 3 is 2.57 bits per heavy atom. The van der Waals surface area contributed by atoms with Crippen molar-refractivity contribution in [2.75, 3.05) is 26.3 Å². The van der Waals surface area contributed by atoms with Crippen LogP contribution in [-0.2, 0) is 17.6 Å². The minimum atomic E-state index is -0.897. The Balaban J connectivity index is 1.59. The molecule has 0 saturated carbocycles. The van der Waals surface area contributed by atoms with Gasteiger partial charge in [0.25, 0.3) is 0 Å². The van der Waals surface area contributed by atoms with Crippen LogP contribution in [0.5, 0.6) is 0 Å². The number of rotatable bonds is 4. The van der Waals surface area contributed by atoms with Crippen molar-refractivity contribution in [1.82, 2.24) is 9.47 Å². The van der Waals surface area contributed by atoms with Crippen molar-refractivity contribution in [3.05, 3.63) is 77.5 Å². The highest BCUT2D eigenvalue weighted by Gasteiger charge is 2.29. The van der Waals surface area contributed by atoms with Gasteiger partial charge in [-0.15, -0.1) is 0 Å². The van der Waals surface area contributed by atoms with Crippen molar-refractivity contribution in [3.63, 3.8) is 0 Å². The average Bonchev–Trinajstić information content (AvgIpc) is 3.19. The van der Waals surface area contributed by atoms with Crippen molar-refractivity contribution in [1.29, 1.82) is 0 Å². The summed E-state index contributed by atoms with van der Waals surface area (Å²) >= 11 is 0. The monoisotopic (exact) mass is 402 g/mol. The van der Waals surface area contributed by atoms with Crippen LogP contribution in [0.25, 0.3) is 16.9 Å². The van der Waals surface area contributed by atoms with E-state index in [9.17, 15) is 9.90 Å². The summed E-state index contributed by atoms with van der Waals surface area (Å²) in [6, 6.07) is 20.5. The van der Waals surface area contributed by atoms with Gasteiger partial charge in [-0.2, -0.15) is 0 Å². The number of carboxylic acids is 1. The summed E-state index contributed by atoms with van der Waals surface area (Å²) in [5.41, 5.74) is 6.19. The molecule has 0 spiro atoms. The number of carboxylic acid groups (broad SMARTS) is 1. The molecule has 1 N–H and O–H groups in total. The fraction of sp³-hybridized carbons (Fsp3) is 0.320. The molecule has 2 heterocycles. The number of hydrogen-bond acceptors (Lipinski definition) is 3. The number of aromatic carboxylic acids is 1. The van der Waals surface area contributed by atoms with Gasteiger partial charge in [0.15, 0.2) is 0 Å². The van der Waals surface area contributed by atoms with E-state index >= 15 is 0 Å². The molecule has 3 aromatic rings. The minimum absolute atomic E-state index is 0.316. The van der Waals surface area contributed by atoms with Gasteiger partial charge in [-0.1, -0.05) is 36.4 Å². The third kappa shape index (κ3) is 3.55. The van der Waals surface area contributed by atoms with E-state index in [0.29, 0.717) is 11.6 Å². The first-order valence-corrected chi connectivity index (χ1v) is 10.6. The van der Waals surface area contributed by atoms with E-state index in [0.717, 1.165) is 62.5 Å². The maximum Gasteiger partial charge on any atom is 0.335 e. The summed E-state index contributed by atoms with van der Waals surface area (Å²) in [6.07, 6.45) is 3.13. The van der Waals surface area contributed by atoms with Crippen LogP contribution in [0.1, 0.15) is 28.0 Å². The van der Waals surface area contributed by atoms with E-state index in [1.165, 1.54) is 11.3 Å². The van der Waals surface area contributed by atoms with Crippen LogP contribution in [0, 0.1) is 0 Å². The highest BCUT2D eigenvalue weighted by molar-refractivity contribution is 5.88. The van der Waals surface area contributed by atoms with Crippen LogP contribution in [-0.4, -0.2) is 52.9 Å². The first-order valence-electron chi connectivity index (χ1n) is 10.6. The molecule has 1 aromatic heterocycles. The normalized spacial score (nSPS) is 19.4. The van der Waals surface area contributed by atoms with E-state index < -0.39 is 5.97 Å². The highest BCUT2D eigenvalue weighted by Crippen LogP contribution is 2.35. The quantitative estimate of drug-likeness (QED) is 0.716. The Hall–Kier alpha value is -2.89. The minimum Gasteiger partial charge on any atom is -0.478 e. The molecule has 30 heavy (non-hydrogen) atoms. The summed E-state index contributed by atoms with van der Waals surface area (Å²) in [6.45, 7) is 3.66. The van der Waals surface area contributed by atoms with Gasteiger partial charge in [-0.25, -0.2) is 4.79 Å². The van der Waals surface area contributed by atoms with Gasteiger partial charge in [0.2, 0.25) is 0 Å². The lowest BCUT2D eigenvalue weighted by Gasteiger charge is -2.37. The Kier molecular flexibility index (Phi) is 5.15. The maximum absolute atomic E-state index is 11.6. The molecule has 2 aliphatic rings. The third-order valence-corrected chi connectivity index (χ3v) is 6.35. The van der Waals surface area contributed by atoms with Gasteiger partial charge in [-0.05, 0) is 54.7 Å². The molecule has 0 unspecified atom stereocenters. The summed E-state index contributed by atoms with van der Waals surface area (Å²) < 4.78 is 7.81. The van der Waals surface area contributed by atoms with Gasteiger partial charge >= 0.3 is 5.97 Å². The second kappa shape index (κ2) is 8.09. The molecule has 154 valence electrons. The summed E-state index contributed by atoms with van der Waals surface area (Å²) in [7, 11) is 0. The van der Waals surface area contributed by atoms with E-state index in [4.69, 9.17) is 4.74 Å². The van der Waals surface area contributed by atoms with Gasteiger partial charge < -0.3 is 14.4 Å². The lowest BCUT2D eigenvalue weighted by atomic mass is 9.91. The van der Waals surface area contributed by atoms with Gasteiger partial charge in [0, 0.05) is 30.5 Å². The second-order valence-corrected chi connectivity index (χ2v) is 8.10. The van der Waals surface area contributed by atoms with E-state index in [-0.39, 0.29) is 0 Å². The van der Waals surface area contributed by atoms with Crippen molar-refractivity contribution in [2.45, 2.75) is 25.3 Å². The number of nitrogens with zero attached hydrogens (tertiary/aromatic N) is 2. The van der Waals surface area contributed by atoms with Crippen LogP contribution >= 0.6 is 0 Å². The molecular formula is C25H26N2O3. The molecule has 0 bridgehead atoms. The summed E-state index contributed by atoms with van der Waals surface area (Å²) in [5, 5.41) is 9.49. The second-order valence-electron chi connectivity index (χ2n) is 8.10. The number of benzene rings is 2. The van der Waals surface area contributed by atoms with Crippen molar-refractivity contribution in [2.24, 2.45) is 0 Å². The van der Waals surface area contributed by atoms with Crippen LogP contribution in [0.15, 0.2) is 60.7 Å². The number of fused-ring (bicyclic) bond motifs is 1. The van der Waals surface area contributed by atoms with E-state index in [1.54, 1.807) is 12.1 Å². The number of morpholine rings is 1. The number of ether oxygens (including phenoxy) is 1. The van der Waals surface area contributed by atoms with Crippen molar-refractivity contribution < 1.29 is 14.6 Å². The number of hydrogen-bond donors (Lipinski definition) is 1. The summed E-state index contributed by atoms with van der Waals surface area (Å²) in [5.74, 6) is -0.897. The van der Waals surface area contributed by atoms with Crippen molar-refractivity contribution in [3.8, 4) is 16.9 Å². The van der Waals surface area contributed by atoms with Crippen molar-refractivity contribution >= 4 is 5.97 Å². The Morgan fingerprint density at radius 1 is 1.00 bits per heavy atom. The molecule has 0 amide bonds. The Morgan fingerprint density at radius 2 is 1.80 bits per heavy atom. The smallest absolute Gasteiger partial charge is 0.335 e. The highest BCUT2D eigenvalue weighted by atomic mass is 16.5. The predicted octanol–water partition coefficient (Wildman–Crippen LogP) is 4.03. The van der Waals surface area contributed by atoms with Crippen LogP contribution < -0.4 is 0 Å². The zero-order valence-corrected chi connectivity index (χ0v) is 17.0. The third-order valence-electron chi connectivity index (χ3n) is 6.35. The molecule has 5 rings (SSSR count). The molecule has 1 aliphatic carbocycles. The van der Waals surface area contributed by atoms with Crippen LogP contribution in [0.4, 0.5) is 0 Å². The average molecular weight is 402 g/mol. The van der Waals surface area contributed by atoms with Gasteiger partial charge in [-0.3, -0.25) is 4.90 Å². The molecular weight excluding hydrogens is 376 g/mol. The molecule has 1 atom stereocenters. The lowest BCUT2D eigenvalue weighted by Crippen LogP contribution is -2.45. The fourth-order valence-corrected chi connectivity index (χ4v) is 4.86. The topological polar surface area (TPSA) is 54.7 Å². The molecule has 0 radical (unpaired) electrons. The summed E-state index contributed by atoms with van der Waals surface area (Å²) in [4.78, 5) is 14.1.